The summed E-state index contributed by atoms with van der Waals surface area (Å²) in [6.45, 7) is 0. The maximum atomic E-state index is 12.9. The Morgan fingerprint density at radius 3 is 2.68 bits per heavy atom. The van der Waals surface area contributed by atoms with Crippen molar-refractivity contribution in [1.29, 1.82) is 0 Å². The van der Waals surface area contributed by atoms with Crippen molar-refractivity contribution in [3.8, 4) is 22.4 Å². The molecule has 0 aliphatic carbocycles. The van der Waals surface area contributed by atoms with Gasteiger partial charge in [-0.3, -0.25) is 9.78 Å². The van der Waals surface area contributed by atoms with E-state index in [2.05, 4.69) is 15.0 Å². The first kappa shape index (κ1) is 21.6. The molecule has 0 fully saturated rings. The molecule has 0 saturated heterocycles. The van der Waals surface area contributed by atoms with Gasteiger partial charge in [-0.25, -0.2) is 14.8 Å². The van der Waals surface area contributed by atoms with Crippen molar-refractivity contribution in [3.05, 3.63) is 75.4 Å². The largest absolute Gasteiger partial charge is 0.493 e. The quantitative estimate of drug-likeness (QED) is 0.371. The summed E-state index contributed by atoms with van der Waals surface area (Å²) >= 11 is 0.987. The Labute approximate surface area is 190 Å². The van der Waals surface area contributed by atoms with Crippen LogP contribution in [0.4, 0.5) is 13.2 Å². The van der Waals surface area contributed by atoms with E-state index in [9.17, 15) is 22.8 Å². The molecule has 4 heterocycles. The molecule has 0 aliphatic heterocycles. The number of rotatable bonds is 4. The molecule has 0 N–H and O–H groups in total. The molecule has 5 aromatic rings. The number of aromatic nitrogens is 4. The van der Waals surface area contributed by atoms with E-state index in [0.29, 0.717) is 16.4 Å². The third-order valence-corrected chi connectivity index (χ3v) is 5.69. The molecule has 1 aromatic carbocycles. The maximum absolute atomic E-state index is 12.9. The number of nitrogens with zero attached hydrogens (tertiary/aromatic N) is 4. The van der Waals surface area contributed by atoms with Crippen LogP contribution in [0.2, 0.25) is 0 Å². The summed E-state index contributed by atoms with van der Waals surface area (Å²) < 4.78 is 55.9. The van der Waals surface area contributed by atoms with Crippen LogP contribution in [0.3, 0.4) is 0 Å². The minimum atomic E-state index is -4.56. The number of pyridine rings is 2. The lowest BCUT2D eigenvalue weighted by atomic mass is 10.2. The summed E-state index contributed by atoms with van der Waals surface area (Å²) in [4.78, 5) is 37.4. The van der Waals surface area contributed by atoms with E-state index in [4.69, 9.17) is 13.9 Å². The van der Waals surface area contributed by atoms with Crippen molar-refractivity contribution in [2.45, 2.75) is 6.18 Å². The standard InChI is InChI=1S/C21H11F3N4O5S/c1-31-14-4-5-26-16-17(14)33-20(30)28(18(16)29)19-27-13-3-2-11(7-15(13)34-19)32-12-6-10(8-25-9-12)21(22,23)24/h2-9H,1H3. The first-order valence-corrected chi connectivity index (χ1v) is 10.3. The second kappa shape index (κ2) is 7.95. The summed E-state index contributed by atoms with van der Waals surface area (Å²) in [5.41, 5.74) is -1.45. The van der Waals surface area contributed by atoms with Crippen LogP contribution in [-0.2, 0) is 6.18 Å². The highest BCUT2D eigenvalue weighted by atomic mass is 32.1. The number of halogens is 3. The highest BCUT2D eigenvalue weighted by Crippen LogP contribution is 2.33. The predicted octanol–water partition coefficient (Wildman–Crippen LogP) is 4.16. The van der Waals surface area contributed by atoms with Crippen LogP contribution < -0.4 is 20.8 Å². The number of ether oxygens (including phenoxy) is 2. The normalized spacial score (nSPS) is 11.8. The zero-order chi connectivity index (χ0) is 24.0. The molecule has 4 aromatic heterocycles. The molecule has 0 unspecified atom stereocenters. The van der Waals surface area contributed by atoms with Crippen molar-refractivity contribution in [2.24, 2.45) is 0 Å². The van der Waals surface area contributed by atoms with Crippen LogP contribution >= 0.6 is 11.3 Å². The first-order valence-electron chi connectivity index (χ1n) is 9.44. The fourth-order valence-corrected chi connectivity index (χ4v) is 4.13. The van der Waals surface area contributed by atoms with Crippen LogP contribution in [0.5, 0.6) is 17.2 Å². The third-order valence-electron chi connectivity index (χ3n) is 4.68. The van der Waals surface area contributed by atoms with Crippen molar-refractivity contribution in [1.82, 2.24) is 19.5 Å². The van der Waals surface area contributed by atoms with Gasteiger partial charge in [-0.2, -0.15) is 17.7 Å². The fourth-order valence-electron chi connectivity index (χ4n) is 3.15. The monoisotopic (exact) mass is 488 g/mol. The van der Waals surface area contributed by atoms with E-state index in [1.54, 1.807) is 6.07 Å². The molecule has 0 spiro atoms. The highest BCUT2D eigenvalue weighted by molar-refractivity contribution is 7.20. The highest BCUT2D eigenvalue weighted by Gasteiger charge is 2.31. The van der Waals surface area contributed by atoms with E-state index in [1.807, 2.05) is 0 Å². The lowest BCUT2D eigenvalue weighted by Gasteiger charge is -2.09. The number of alkyl halides is 3. The zero-order valence-corrected chi connectivity index (χ0v) is 17.8. The zero-order valence-electron chi connectivity index (χ0n) is 17.0. The van der Waals surface area contributed by atoms with Gasteiger partial charge in [0.05, 0.1) is 29.1 Å². The topological polar surface area (TPSA) is 109 Å². The van der Waals surface area contributed by atoms with E-state index in [-0.39, 0.29) is 33.5 Å². The Bertz CT molecular complexity index is 1680. The summed E-state index contributed by atoms with van der Waals surface area (Å²) in [6.07, 6.45) is -1.37. The van der Waals surface area contributed by atoms with Gasteiger partial charge in [-0.05, 0) is 18.2 Å². The molecule has 5 rings (SSSR count). The summed E-state index contributed by atoms with van der Waals surface area (Å²) in [5.74, 6) is -0.686. The Morgan fingerprint density at radius 1 is 1.09 bits per heavy atom. The van der Waals surface area contributed by atoms with Crippen molar-refractivity contribution >= 4 is 32.7 Å². The SMILES string of the molecule is COc1ccnc2c(=O)n(-c3nc4ccc(Oc5cncc(C(F)(F)F)c5)cc4s3)c(=O)oc12. The number of benzene rings is 1. The van der Waals surface area contributed by atoms with Crippen molar-refractivity contribution < 1.29 is 27.1 Å². The molecule has 0 bridgehead atoms. The van der Waals surface area contributed by atoms with Gasteiger partial charge in [-0.1, -0.05) is 11.3 Å². The van der Waals surface area contributed by atoms with Gasteiger partial charge in [0.25, 0.3) is 5.56 Å². The predicted molar refractivity (Wildman–Crippen MR) is 115 cm³/mol. The number of thiazole rings is 1. The minimum Gasteiger partial charge on any atom is -0.493 e. The van der Waals surface area contributed by atoms with E-state index in [1.165, 1.54) is 31.5 Å². The molecular weight excluding hydrogens is 477 g/mol. The van der Waals surface area contributed by atoms with Crippen LogP contribution in [0.25, 0.3) is 26.4 Å². The van der Waals surface area contributed by atoms with Crippen LogP contribution in [0.1, 0.15) is 5.56 Å². The molecule has 0 saturated carbocycles. The molecule has 0 amide bonds. The van der Waals surface area contributed by atoms with Crippen LogP contribution in [0.15, 0.2) is 62.9 Å². The van der Waals surface area contributed by atoms with E-state index in [0.717, 1.165) is 28.2 Å². The molecule has 0 atom stereocenters. The fraction of sp³-hybridized carbons (Fsp3) is 0.0952. The van der Waals surface area contributed by atoms with Crippen molar-refractivity contribution in [3.63, 3.8) is 0 Å². The summed E-state index contributed by atoms with van der Waals surface area (Å²) in [7, 11) is 1.36. The third kappa shape index (κ3) is 3.75. The Kier molecular flexibility index (Phi) is 5.05. The van der Waals surface area contributed by atoms with Gasteiger partial charge in [0.15, 0.2) is 11.3 Å². The second-order valence-corrected chi connectivity index (χ2v) is 7.84. The lowest BCUT2D eigenvalue weighted by Crippen LogP contribution is -2.31. The second-order valence-electron chi connectivity index (χ2n) is 6.83. The number of methoxy groups -OCH3 is 1. The van der Waals surface area contributed by atoms with E-state index < -0.39 is 23.1 Å². The van der Waals surface area contributed by atoms with Gasteiger partial charge < -0.3 is 13.9 Å². The van der Waals surface area contributed by atoms with Gasteiger partial charge in [-0.15, -0.1) is 0 Å². The van der Waals surface area contributed by atoms with Gasteiger partial charge in [0.2, 0.25) is 10.7 Å². The van der Waals surface area contributed by atoms with Gasteiger partial charge in [0.1, 0.15) is 11.5 Å². The molecular formula is C21H11F3N4O5S. The average Bonchev–Trinajstić information content (AvgIpc) is 3.21. The molecule has 13 heteroatoms. The number of hydrogen-bond acceptors (Lipinski definition) is 9. The molecule has 34 heavy (non-hydrogen) atoms. The molecule has 172 valence electrons. The number of hydrogen-bond donors (Lipinski definition) is 0. The van der Waals surface area contributed by atoms with Crippen LogP contribution in [0, 0.1) is 0 Å². The maximum Gasteiger partial charge on any atom is 0.429 e. The van der Waals surface area contributed by atoms with Gasteiger partial charge in [0, 0.05) is 24.5 Å². The lowest BCUT2D eigenvalue weighted by molar-refractivity contribution is -0.137. The smallest absolute Gasteiger partial charge is 0.429 e. The van der Waals surface area contributed by atoms with Crippen LogP contribution in [-0.4, -0.2) is 26.6 Å². The summed E-state index contributed by atoms with van der Waals surface area (Å²) in [6, 6.07) is 6.83. The Morgan fingerprint density at radius 2 is 1.91 bits per heavy atom. The molecule has 0 radical (unpaired) electrons. The van der Waals surface area contributed by atoms with E-state index >= 15 is 0 Å². The Balaban J connectivity index is 1.55. The molecule has 9 nitrogen and oxygen atoms in total. The van der Waals surface area contributed by atoms with Crippen molar-refractivity contribution in [2.75, 3.05) is 7.11 Å². The first-order chi connectivity index (χ1) is 16.2. The average molecular weight is 488 g/mol. The number of fused-ring (bicyclic) bond motifs is 2. The summed E-state index contributed by atoms with van der Waals surface area (Å²) in [5, 5.41) is 0.0261. The molecule has 0 aliphatic rings. The Hall–Kier alpha value is -4.26. The minimum absolute atomic E-state index is 0.0261. The van der Waals surface area contributed by atoms with Gasteiger partial charge >= 0.3 is 11.9 Å².